The summed E-state index contributed by atoms with van der Waals surface area (Å²) in [6.45, 7) is 0. The average molecular weight is 474 g/mol. The van der Waals surface area contributed by atoms with E-state index in [1.807, 2.05) is 0 Å². The number of H-pyrrole nitrogens is 1. The van der Waals surface area contributed by atoms with Crippen LogP contribution in [0.4, 0.5) is 24.5 Å². The first-order valence-corrected chi connectivity index (χ1v) is 11.4. The van der Waals surface area contributed by atoms with Crippen LogP contribution in [0.1, 0.15) is 16.1 Å². The topological polar surface area (TPSA) is 104 Å². The van der Waals surface area contributed by atoms with Gasteiger partial charge in [-0.1, -0.05) is 18.2 Å². The Bertz CT molecular complexity index is 1460. The number of nitrogens with one attached hydrogen (secondary N) is 3. The number of hydrogen-bond donors (Lipinski definition) is 3. The number of fused-ring (bicyclic) bond motifs is 1. The molecular formula is C22H17F3N4O3S. The van der Waals surface area contributed by atoms with Gasteiger partial charge in [-0.15, -0.1) is 0 Å². The van der Waals surface area contributed by atoms with Crippen LogP contribution in [0.2, 0.25) is 0 Å². The Morgan fingerprint density at radius 1 is 1.00 bits per heavy atom. The molecule has 1 amide bonds. The smallest absolute Gasteiger partial charge is 0.350 e. The van der Waals surface area contributed by atoms with Crippen LogP contribution < -0.4 is 10.0 Å². The van der Waals surface area contributed by atoms with Gasteiger partial charge in [0.15, 0.2) is 0 Å². The minimum atomic E-state index is -4.57. The number of alkyl halides is 3. The van der Waals surface area contributed by atoms with E-state index < -0.39 is 27.7 Å². The highest BCUT2D eigenvalue weighted by Crippen LogP contribution is 2.36. The molecule has 0 radical (unpaired) electrons. The lowest BCUT2D eigenvalue weighted by molar-refractivity contribution is -0.137. The first-order chi connectivity index (χ1) is 15.5. The summed E-state index contributed by atoms with van der Waals surface area (Å²) in [5.74, 6) is -0.516. The molecule has 0 fully saturated rings. The molecule has 0 aliphatic heterocycles. The summed E-state index contributed by atoms with van der Waals surface area (Å²) in [5, 5.41) is 3.33. The van der Waals surface area contributed by atoms with Crippen molar-refractivity contribution in [2.24, 2.45) is 0 Å². The van der Waals surface area contributed by atoms with Crippen molar-refractivity contribution in [2.75, 3.05) is 16.3 Å². The first-order valence-electron chi connectivity index (χ1n) is 9.54. The van der Waals surface area contributed by atoms with Gasteiger partial charge in [-0.25, -0.2) is 8.42 Å². The van der Waals surface area contributed by atoms with Gasteiger partial charge in [-0.3, -0.25) is 14.5 Å². The van der Waals surface area contributed by atoms with Crippen LogP contribution in [0, 0.1) is 0 Å². The lowest BCUT2D eigenvalue weighted by Crippen LogP contribution is -2.12. The third-order valence-electron chi connectivity index (χ3n) is 4.68. The Labute approximate surface area is 186 Å². The molecule has 4 aromatic rings. The third kappa shape index (κ3) is 5.14. The number of anilines is 2. The molecule has 2 heterocycles. The zero-order valence-electron chi connectivity index (χ0n) is 17.1. The highest BCUT2D eigenvalue weighted by molar-refractivity contribution is 7.92. The van der Waals surface area contributed by atoms with Crippen molar-refractivity contribution in [3.8, 4) is 11.3 Å². The van der Waals surface area contributed by atoms with Crippen molar-refractivity contribution in [3.05, 3.63) is 78.1 Å². The summed E-state index contributed by atoms with van der Waals surface area (Å²) >= 11 is 0. The van der Waals surface area contributed by atoms with E-state index in [2.05, 4.69) is 20.0 Å². The fourth-order valence-corrected chi connectivity index (χ4v) is 3.89. The minimum absolute atomic E-state index is 0.195. The standard InChI is InChI=1S/C22H17F3N4O3S/c1-33(31,32)29-16-8-7-13-11-19(28-18(13)12-16)21(30)27-15-5-2-4-14(10-15)20-17(22(23,24)25)6-3-9-26-20/h2-12,28-29H,1H3,(H,27,30). The average Bonchev–Trinajstić information content (AvgIpc) is 3.16. The number of hydrogen-bond acceptors (Lipinski definition) is 4. The summed E-state index contributed by atoms with van der Waals surface area (Å²) in [5.41, 5.74) is 0.442. The van der Waals surface area contributed by atoms with Gasteiger partial charge in [0, 0.05) is 28.4 Å². The molecule has 2 aromatic carbocycles. The molecule has 170 valence electrons. The quantitative estimate of drug-likeness (QED) is 0.384. The van der Waals surface area contributed by atoms with Crippen molar-refractivity contribution in [3.63, 3.8) is 0 Å². The second-order valence-corrected chi connectivity index (χ2v) is 9.04. The Kier molecular flexibility index (Phi) is 5.58. The molecule has 4 rings (SSSR count). The van der Waals surface area contributed by atoms with Crippen LogP contribution in [-0.2, 0) is 16.2 Å². The van der Waals surface area contributed by atoms with Crippen molar-refractivity contribution < 1.29 is 26.4 Å². The van der Waals surface area contributed by atoms with Crippen molar-refractivity contribution in [2.45, 2.75) is 6.18 Å². The van der Waals surface area contributed by atoms with E-state index in [4.69, 9.17) is 0 Å². The van der Waals surface area contributed by atoms with Crippen LogP contribution in [-0.4, -0.2) is 30.5 Å². The van der Waals surface area contributed by atoms with Crippen LogP contribution in [0.15, 0.2) is 66.9 Å². The molecule has 0 aliphatic rings. The van der Waals surface area contributed by atoms with Gasteiger partial charge in [0.05, 0.1) is 23.2 Å². The van der Waals surface area contributed by atoms with Crippen molar-refractivity contribution in [1.29, 1.82) is 0 Å². The predicted octanol–water partition coefficient (Wildman–Crippen LogP) is 4.87. The highest BCUT2D eigenvalue weighted by atomic mass is 32.2. The molecule has 0 bridgehead atoms. The Hall–Kier alpha value is -3.86. The Morgan fingerprint density at radius 2 is 1.79 bits per heavy atom. The summed E-state index contributed by atoms with van der Waals surface area (Å²) < 4.78 is 65.2. The molecule has 0 aliphatic carbocycles. The maximum Gasteiger partial charge on any atom is 0.418 e. The summed E-state index contributed by atoms with van der Waals surface area (Å²) in [7, 11) is -3.45. The number of nitrogens with zero attached hydrogens (tertiary/aromatic N) is 1. The molecule has 33 heavy (non-hydrogen) atoms. The molecular weight excluding hydrogens is 457 g/mol. The normalized spacial score (nSPS) is 12.0. The summed E-state index contributed by atoms with van der Waals surface area (Å²) in [6.07, 6.45) is -2.27. The van der Waals surface area contributed by atoms with Gasteiger partial charge in [-0.2, -0.15) is 13.2 Å². The van der Waals surface area contributed by atoms with E-state index in [0.717, 1.165) is 12.3 Å². The van der Waals surface area contributed by atoms with Gasteiger partial charge >= 0.3 is 6.18 Å². The SMILES string of the molecule is CS(=O)(=O)Nc1ccc2cc(C(=O)Nc3cccc(-c4ncccc4C(F)(F)F)c3)[nH]c2c1. The second kappa shape index (κ2) is 8.24. The lowest BCUT2D eigenvalue weighted by Gasteiger charge is -2.12. The number of carbonyl (C=O) groups excluding carboxylic acids is 1. The number of halogens is 3. The number of aromatic amines is 1. The van der Waals surface area contributed by atoms with E-state index in [9.17, 15) is 26.4 Å². The first kappa shape index (κ1) is 22.3. The number of aromatic nitrogens is 2. The van der Waals surface area contributed by atoms with E-state index in [-0.39, 0.29) is 22.6 Å². The number of sulfonamides is 1. The number of amides is 1. The predicted molar refractivity (Wildman–Crippen MR) is 119 cm³/mol. The second-order valence-electron chi connectivity index (χ2n) is 7.29. The van der Waals surface area contributed by atoms with E-state index in [0.29, 0.717) is 16.6 Å². The summed E-state index contributed by atoms with van der Waals surface area (Å²) in [4.78, 5) is 19.5. The number of benzene rings is 2. The van der Waals surface area contributed by atoms with Gasteiger partial charge in [0.25, 0.3) is 5.91 Å². The Morgan fingerprint density at radius 3 is 2.52 bits per heavy atom. The third-order valence-corrected chi connectivity index (χ3v) is 5.28. The zero-order valence-corrected chi connectivity index (χ0v) is 17.9. The molecule has 3 N–H and O–H groups in total. The van der Waals surface area contributed by atoms with Crippen molar-refractivity contribution in [1.82, 2.24) is 9.97 Å². The molecule has 11 heteroatoms. The lowest BCUT2D eigenvalue weighted by atomic mass is 10.0. The number of carbonyl (C=O) groups is 1. The molecule has 7 nitrogen and oxygen atoms in total. The van der Waals surface area contributed by atoms with Crippen LogP contribution in [0.25, 0.3) is 22.2 Å². The van der Waals surface area contributed by atoms with Crippen LogP contribution in [0.5, 0.6) is 0 Å². The number of pyridine rings is 1. The molecule has 0 saturated carbocycles. The zero-order chi connectivity index (χ0) is 23.8. The fraction of sp³-hybridized carbons (Fsp3) is 0.0909. The minimum Gasteiger partial charge on any atom is -0.350 e. The van der Waals surface area contributed by atoms with Crippen molar-refractivity contribution >= 4 is 38.2 Å². The highest BCUT2D eigenvalue weighted by Gasteiger charge is 2.34. The van der Waals surface area contributed by atoms with Gasteiger partial charge in [0.2, 0.25) is 10.0 Å². The van der Waals surface area contributed by atoms with E-state index >= 15 is 0 Å². The van der Waals surface area contributed by atoms with Gasteiger partial charge < -0.3 is 10.3 Å². The van der Waals surface area contributed by atoms with Crippen LogP contribution in [0.3, 0.4) is 0 Å². The maximum atomic E-state index is 13.3. The van der Waals surface area contributed by atoms with E-state index in [1.165, 1.54) is 30.5 Å². The fourth-order valence-electron chi connectivity index (χ4n) is 3.33. The van der Waals surface area contributed by atoms with E-state index in [1.54, 1.807) is 30.3 Å². The summed E-state index contributed by atoms with van der Waals surface area (Å²) in [6, 6.07) is 14.5. The molecule has 0 atom stereocenters. The monoisotopic (exact) mass is 474 g/mol. The van der Waals surface area contributed by atoms with Gasteiger partial charge in [0.1, 0.15) is 5.69 Å². The molecule has 0 unspecified atom stereocenters. The van der Waals surface area contributed by atoms with Gasteiger partial charge in [-0.05, 0) is 42.5 Å². The maximum absolute atomic E-state index is 13.3. The Balaban J connectivity index is 1.59. The largest absolute Gasteiger partial charge is 0.418 e. The molecule has 0 saturated heterocycles. The number of rotatable bonds is 5. The molecule has 2 aromatic heterocycles. The van der Waals surface area contributed by atoms with Crippen LogP contribution >= 0.6 is 0 Å². The molecule has 0 spiro atoms.